The Morgan fingerprint density at radius 1 is 1.08 bits per heavy atom. The summed E-state index contributed by atoms with van der Waals surface area (Å²) in [5, 5.41) is 0.736. The average Bonchev–Trinajstić information content (AvgIpc) is 2.66. The van der Waals surface area contributed by atoms with Crippen molar-refractivity contribution >= 4 is 23.2 Å². The molecule has 25 heavy (non-hydrogen) atoms. The van der Waals surface area contributed by atoms with Gasteiger partial charge in [0.2, 0.25) is 0 Å². The van der Waals surface area contributed by atoms with Crippen molar-refractivity contribution in [2.75, 3.05) is 37.7 Å². The summed E-state index contributed by atoms with van der Waals surface area (Å²) in [6.45, 7) is 5.73. The number of rotatable bonds is 5. The number of anilines is 1. The van der Waals surface area contributed by atoms with Crippen LogP contribution in [0.25, 0.3) is 0 Å². The van der Waals surface area contributed by atoms with E-state index in [9.17, 15) is 4.79 Å². The Hall–Kier alpha value is -2.20. The SMILES string of the molecule is CCCOc1cccc(C(=O)N2CCN(c3cccc(Cl)c3)CC2)c1. The van der Waals surface area contributed by atoms with Gasteiger partial charge in [0.1, 0.15) is 5.75 Å². The van der Waals surface area contributed by atoms with Gasteiger partial charge in [-0.25, -0.2) is 0 Å². The van der Waals surface area contributed by atoms with E-state index >= 15 is 0 Å². The fourth-order valence-corrected chi connectivity index (χ4v) is 3.15. The van der Waals surface area contributed by atoms with Crippen molar-refractivity contribution in [1.29, 1.82) is 0 Å². The second-order valence-electron chi connectivity index (χ2n) is 6.14. The average molecular weight is 359 g/mol. The van der Waals surface area contributed by atoms with Crippen LogP contribution in [-0.4, -0.2) is 43.6 Å². The lowest BCUT2D eigenvalue weighted by molar-refractivity contribution is 0.0746. The van der Waals surface area contributed by atoms with E-state index in [1.807, 2.05) is 47.4 Å². The normalized spacial score (nSPS) is 14.5. The Morgan fingerprint density at radius 3 is 2.56 bits per heavy atom. The van der Waals surface area contributed by atoms with Crippen LogP contribution in [0.5, 0.6) is 5.75 Å². The minimum atomic E-state index is 0.0627. The molecular weight excluding hydrogens is 336 g/mol. The number of ether oxygens (including phenoxy) is 1. The number of piperazine rings is 1. The van der Waals surface area contributed by atoms with E-state index in [4.69, 9.17) is 16.3 Å². The fourth-order valence-electron chi connectivity index (χ4n) is 2.96. The van der Waals surface area contributed by atoms with E-state index in [2.05, 4.69) is 17.9 Å². The van der Waals surface area contributed by atoms with Crippen LogP contribution in [0, 0.1) is 0 Å². The van der Waals surface area contributed by atoms with E-state index in [1.165, 1.54) is 0 Å². The Bertz CT molecular complexity index is 727. The lowest BCUT2D eigenvalue weighted by atomic mass is 10.1. The fraction of sp³-hybridized carbons (Fsp3) is 0.350. The molecule has 1 saturated heterocycles. The van der Waals surface area contributed by atoms with Gasteiger partial charge in [0, 0.05) is 42.5 Å². The van der Waals surface area contributed by atoms with Crippen molar-refractivity contribution in [3.8, 4) is 5.75 Å². The zero-order valence-corrected chi connectivity index (χ0v) is 15.2. The van der Waals surface area contributed by atoms with Crippen LogP contribution < -0.4 is 9.64 Å². The van der Waals surface area contributed by atoms with Gasteiger partial charge in [-0.15, -0.1) is 0 Å². The number of hydrogen-bond acceptors (Lipinski definition) is 3. The third kappa shape index (κ3) is 4.45. The molecule has 4 nitrogen and oxygen atoms in total. The Labute approximate surface area is 154 Å². The number of carbonyl (C=O) groups excluding carboxylic acids is 1. The van der Waals surface area contributed by atoms with Gasteiger partial charge in [-0.1, -0.05) is 30.7 Å². The van der Waals surface area contributed by atoms with Crippen molar-refractivity contribution in [3.63, 3.8) is 0 Å². The number of benzene rings is 2. The molecule has 2 aromatic rings. The highest BCUT2D eigenvalue weighted by Crippen LogP contribution is 2.22. The molecule has 0 saturated carbocycles. The second kappa shape index (κ2) is 8.26. The first-order chi connectivity index (χ1) is 12.2. The zero-order chi connectivity index (χ0) is 17.6. The molecular formula is C20H23ClN2O2. The Morgan fingerprint density at radius 2 is 1.84 bits per heavy atom. The van der Waals surface area contributed by atoms with E-state index in [0.29, 0.717) is 25.3 Å². The minimum absolute atomic E-state index is 0.0627. The molecule has 0 radical (unpaired) electrons. The van der Waals surface area contributed by atoms with Gasteiger partial charge < -0.3 is 14.5 Å². The molecule has 0 bridgehead atoms. The monoisotopic (exact) mass is 358 g/mol. The number of hydrogen-bond donors (Lipinski definition) is 0. The Kier molecular flexibility index (Phi) is 5.82. The van der Waals surface area contributed by atoms with Crippen LogP contribution in [0.2, 0.25) is 5.02 Å². The molecule has 2 aromatic carbocycles. The maximum Gasteiger partial charge on any atom is 0.254 e. The van der Waals surface area contributed by atoms with Gasteiger partial charge in [0.25, 0.3) is 5.91 Å². The maximum atomic E-state index is 12.8. The van der Waals surface area contributed by atoms with Crippen LogP contribution in [-0.2, 0) is 0 Å². The van der Waals surface area contributed by atoms with Crippen LogP contribution >= 0.6 is 11.6 Å². The highest BCUT2D eigenvalue weighted by molar-refractivity contribution is 6.30. The second-order valence-corrected chi connectivity index (χ2v) is 6.57. The van der Waals surface area contributed by atoms with Gasteiger partial charge in [-0.05, 0) is 42.8 Å². The molecule has 0 unspecified atom stereocenters. The van der Waals surface area contributed by atoms with Gasteiger partial charge in [-0.3, -0.25) is 4.79 Å². The molecule has 1 aliphatic heterocycles. The van der Waals surface area contributed by atoms with Crippen LogP contribution in [0.4, 0.5) is 5.69 Å². The quantitative estimate of drug-likeness (QED) is 0.807. The molecule has 132 valence electrons. The molecule has 0 aliphatic carbocycles. The molecule has 0 spiro atoms. The smallest absolute Gasteiger partial charge is 0.254 e. The molecule has 1 aliphatic rings. The number of nitrogens with zero attached hydrogens (tertiary/aromatic N) is 2. The summed E-state index contributed by atoms with van der Waals surface area (Å²) in [6.07, 6.45) is 0.948. The third-order valence-corrected chi connectivity index (χ3v) is 4.53. The van der Waals surface area contributed by atoms with Crippen LogP contribution in [0.3, 0.4) is 0 Å². The molecule has 1 heterocycles. The minimum Gasteiger partial charge on any atom is -0.494 e. The molecule has 1 fully saturated rings. The molecule has 1 amide bonds. The standard InChI is InChI=1S/C20H23ClN2O2/c1-2-13-25-19-8-3-5-16(14-19)20(24)23-11-9-22(10-12-23)18-7-4-6-17(21)15-18/h3-8,14-15H,2,9-13H2,1H3. The molecule has 0 aromatic heterocycles. The summed E-state index contributed by atoms with van der Waals surface area (Å²) < 4.78 is 5.63. The van der Waals surface area contributed by atoms with Crippen molar-refractivity contribution in [1.82, 2.24) is 4.90 Å². The topological polar surface area (TPSA) is 32.8 Å². The highest BCUT2D eigenvalue weighted by atomic mass is 35.5. The molecule has 3 rings (SSSR count). The van der Waals surface area contributed by atoms with Gasteiger partial charge in [0.05, 0.1) is 6.61 Å². The number of amides is 1. The van der Waals surface area contributed by atoms with Crippen LogP contribution in [0.15, 0.2) is 48.5 Å². The first-order valence-electron chi connectivity index (χ1n) is 8.70. The van der Waals surface area contributed by atoms with Crippen molar-refractivity contribution < 1.29 is 9.53 Å². The van der Waals surface area contributed by atoms with E-state index in [1.54, 1.807) is 0 Å². The predicted molar refractivity (Wildman–Crippen MR) is 102 cm³/mol. The summed E-state index contributed by atoms with van der Waals surface area (Å²) in [5.74, 6) is 0.818. The van der Waals surface area contributed by atoms with Crippen LogP contribution in [0.1, 0.15) is 23.7 Å². The van der Waals surface area contributed by atoms with Gasteiger partial charge in [0.15, 0.2) is 0 Å². The summed E-state index contributed by atoms with van der Waals surface area (Å²) >= 11 is 6.07. The molecule has 5 heteroatoms. The zero-order valence-electron chi connectivity index (χ0n) is 14.5. The Balaban J connectivity index is 1.61. The van der Waals surface area contributed by atoms with E-state index < -0.39 is 0 Å². The summed E-state index contributed by atoms with van der Waals surface area (Å²) in [7, 11) is 0. The lowest BCUT2D eigenvalue weighted by Crippen LogP contribution is -2.48. The molecule has 0 atom stereocenters. The third-order valence-electron chi connectivity index (χ3n) is 4.29. The summed E-state index contributed by atoms with van der Waals surface area (Å²) in [5.41, 5.74) is 1.79. The largest absolute Gasteiger partial charge is 0.494 e. The van der Waals surface area contributed by atoms with Crippen molar-refractivity contribution in [2.24, 2.45) is 0 Å². The predicted octanol–water partition coefficient (Wildman–Crippen LogP) is 4.09. The van der Waals surface area contributed by atoms with Gasteiger partial charge >= 0.3 is 0 Å². The molecule has 0 N–H and O–H groups in total. The lowest BCUT2D eigenvalue weighted by Gasteiger charge is -2.36. The van der Waals surface area contributed by atoms with Crippen molar-refractivity contribution in [2.45, 2.75) is 13.3 Å². The first-order valence-corrected chi connectivity index (χ1v) is 9.08. The highest BCUT2D eigenvalue weighted by Gasteiger charge is 2.22. The maximum absolute atomic E-state index is 12.8. The first kappa shape index (κ1) is 17.6. The van der Waals surface area contributed by atoms with Gasteiger partial charge in [-0.2, -0.15) is 0 Å². The van der Waals surface area contributed by atoms with E-state index in [0.717, 1.165) is 36.0 Å². The number of carbonyl (C=O) groups is 1. The number of halogens is 1. The van der Waals surface area contributed by atoms with Crippen molar-refractivity contribution in [3.05, 3.63) is 59.1 Å². The van der Waals surface area contributed by atoms with E-state index in [-0.39, 0.29) is 5.91 Å². The summed E-state index contributed by atoms with van der Waals surface area (Å²) in [6, 6.07) is 15.3. The summed E-state index contributed by atoms with van der Waals surface area (Å²) in [4.78, 5) is 16.9.